The smallest absolute Gasteiger partial charge is 0.325 e. The first-order chi connectivity index (χ1) is 15.2. The third-order valence-corrected chi connectivity index (χ3v) is 4.92. The number of carbonyl (C=O) groups excluding carboxylic acids is 1. The number of rotatable bonds is 5. The van der Waals surface area contributed by atoms with Crippen LogP contribution in [0.15, 0.2) is 65.8 Å². The van der Waals surface area contributed by atoms with Gasteiger partial charge in [-0.1, -0.05) is 29.8 Å². The first-order valence-corrected chi connectivity index (χ1v) is 9.70. The molecule has 2 heterocycles. The Bertz CT molecular complexity index is 1340. The highest BCUT2D eigenvalue weighted by molar-refractivity contribution is 5.91. The second-order valence-corrected chi connectivity index (χ2v) is 7.21. The number of para-hydroxylation sites is 1. The van der Waals surface area contributed by atoms with Gasteiger partial charge < -0.3 is 5.32 Å². The zero-order valence-corrected chi connectivity index (χ0v) is 16.9. The van der Waals surface area contributed by atoms with Crippen molar-refractivity contribution in [1.82, 2.24) is 19.3 Å². The van der Waals surface area contributed by atoms with E-state index < -0.39 is 23.2 Å². The molecule has 1 N–H and O–H groups in total. The van der Waals surface area contributed by atoms with Crippen LogP contribution in [0.5, 0.6) is 0 Å². The van der Waals surface area contributed by atoms with E-state index in [1.807, 2.05) is 31.2 Å². The molecule has 0 bridgehead atoms. The SMILES string of the molecule is Cc1ccc(-n2ncc3c(=O)n(CCC(=O)Nc4ccccc4C(F)(F)F)cnc32)cc1. The Morgan fingerprint density at radius 2 is 1.81 bits per heavy atom. The van der Waals surface area contributed by atoms with Gasteiger partial charge in [-0.05, 0) is 31.2 Å². The van der Waals surface area contributed by atoms with Gasteiger partial charge in [0.15, 0.2) is 5.65 Å². The highest BCUT2D eigenvalue weighted by atomic mass is 19.4. The number of hydrogen-bond acceptors (Lipinski definition) is 4. The molecule has 2 aromatic carbocycles. The van der Waals surface area contributed by atoms with Gasteiger partial charge in [-0.3, -0.25) is 14.2 Å². The molecule has 0 fully saturated rings. The normalized spacial score (nSPS) is 11.6. The van der Waals surface area contributed by atoms with Crippen molar-refractivity contribution in [2.45, 2.75) is 26.1 Å². The van der Waals surface area contributed by atoms with Crippen LogP contribution in [0.3, 0.4) is 0 Å². The number of aryl methyl sites for hydroxylation is 2. The molecule has 0 spiro atoms. The maximum atomic E-state index is 13.1. The Hall–Kier alpha value is -3.95. The topological polar surface area (TPSA) is 81.8 Å². The lowest BCUT2D eigenvalue weighted by molar-refractivity contribution is -0.137. The standard InChI is InChI=1S/C22H18F3N5O2/c1-14-6-8-15(9-7-14)30-20-16(12-27-30)21(32)29(13-26-20)11-10-19(31)28-18-5-3-2-4-17(18)22(23,24)25/h2-9,12-13H,10-11H2,1H3,(H,28,31). The van der Waals surface area contributed by atoms with Gasteiger partial charge in [0.25, 0.3) is 5.56 Å². The van der Waals surface area contributed by atoms with E-state index in [2.05, 4.69) is 15.4 Å². The average molecular weight is 441 g/mol. The van der Waals surface area contributed by atoms with Crippen LogP contribution in [0.25, 0.3) is 16.7 Å². The number of benzene rings is 2. The summed E-state index contributed by atoms with van der Waals surface area (Å²) in [7, 11) is 0. The summed E-state index contributed by atoms with van der Waals surface area (Å²) in [6.07, 6.45) is -2.09. The molecular weight excluding hydrogens is 423 g/mol. The summed E-state index contributed by atoms with van der Waals surface area (Å²) in [6.45, 7) is 1.91. The van der Waals surface area contributed by atoms with E-state index in [0.29, 0.717) is 5.65 Å². The van der Waals surface area contributed by atoms with Gasteiger partial charge in [-0.15, -0.1) is 0 Å². The highest BCUT2D eigenvalue weighted by Gasteiger charge is 2.33. The summed E-state index contributed by atoms with van der Waals surface area (Å²) in [5, 5.41) is 6.77. The van der Waals surface area contributed by atoms with Gasteiger partial charge in [0.1, 0.15) is 5.39 Å². The number of nitrogens with zero attached hydrogens (tertiary/aromatic N) is 4. The predicted octanol–water partition coefficient (Wildman–Crippen LogP) is 3.94. The van der Waals surface area contributed by atoms with Crippen molar-refractivity contribution in [3.63, 3.8) is 0 Å². The minimum absolute atomic E-state index is 0.0441. The number of carbonyl (C=O) groups is 1. The third-order valence-electron chi connectivity index (χ3n) is 4.92. The van der Waals surface area contributed by atoms with Crippen molar-refractivity contribution < 1.29 is 18.0 Å². The Morgan fingerprint density at radius 1 is 1.09 bits per heavy atom. The van der Waals surface area contributed by atoms with Crippen LogP contribution in [0.4, 0.5) is 18.9 Å². The second-order valence-electron chi connectivity index (χ2n) is 7.21. The molecule has 164 valence electrons. The summed E-state index contributed by atoms with van der Waals surface area (Å²) >= 11 is 0. The summed E-state index contributed by atoms with van der Waals surface area (Å²) in [5.41, 5.74) is 0.549. The molecule has 0 saturated heterocycles. The van der Waals surface area contributed by atoms with Crippen LogP contribution in [-0.4, -0.2) is 25.2 Å². The second kappa shape index (κ2) is 8.29. The molecule has 7 nitrogen and oxygen atoms in total. The lowest BCUT2D eigenvalue weighted by Gasteiger charge is -2.13. The van der Waals surface area contributed by atoms with Crippen LogP contribution in [-0.2, 0) is 17.5 Å². The molecular formula is C22H18F3N5O2. The first-order valence-electron chi connectivity index (χ1n) is 9.70. The number of aromatic nitrogens is 4. The number of amides is 1. The molecule has 0 aliphatic heterocycles. The van der Waals surface area contributed by atoms with Gasteiger partial charge >= 0.3 is 6.18 Å². The number of alkyl halides is 3. The zero-order valence-electron chi connectivity index (χ0n) is 16.9. The fourth-order valence-corrected chi connectivity index (χ4v) is 3.26. The minimum atomic E-state index is -4.59. The van der Waals surface area contributed by atoms with Crippen molar-refractivity contribution in [3.05, 3.63) is 82.5 Å². The summed E-state index contributed by atoms with van der Waals surface area (Å²) < 4.78 is 42.0. The number of nitrogens with one attached hydrogen (secondary N) is 1. The quantitative estimate of drug-likeness (QED) is 0.509. The van der Waals surface area contributed by atoms with Gasteiger partial charge in [0.05, 0.1) is 29.5 Å². The van der Waals surface area contributed by atoms with Crippen LogP contribution in [0.1, 0.15) is 17.5 Å². The van der Waals surface area contributed by atoms with Gasteiger partial charge in [0, 0.05) is 13.0 Å². The number of hydrogen-bond donors (Lipinski definition) is 1. The van der Waals surface area contributed by atoms with Gasteiger partial charge in [-0.25, -0.2) is 9.67 Å². The Balaban J connectivity index is 1.51. The van der Waals surface area contributed by atoms with E-state index in [0.717, 1.165) is 17.3 Å². The summed E-state index contributed by atoms with van der Waals surface area (Å²) in [4.78, 5) is 29.3. The fraction of sp³-hybridized carbons (Fsp3) is 0.182. The molecule has 0 radical (unpaired) electrons. The predicted molar refractivity (Wildman–Crippen MR) is 113 cm³/mol. The van der Waals surface area contributed by atoms with E-state index in [-0.39, 0.29) is 24.0 Å². The summed E-state index contributed by atoms with van der Waals surface area (Å²) in [6, 6.07) is 12.3. The van der Waals surface area contributed by atoms with Gasteiger partial charge in [0.2, 0.25) is 5.91 Å². The fourth-order valence-electron chi connectivity index (χ4n) is 3.26. The minimum Gasteiger partial charge on any atom is -0.325 e. The molecule has 2 aromatic heterocycles. The number of halogens is 3. The van der Waals surface area contributed by atoms with E-state index >= 15 is 0 Å². The van der Waals surface area contributed by atoms with Crippen LogP contribution >= 0.6 is 0 Å². The average Bonchev–Trinajstić information content (AvgIpc) is 3.18. The lowest BCUT2D eigenvalue weighted by Crippen LogP contribution is -2.24. The molecule has 32 heavy (non-hydrogen) atoms. The largest absolute Gasteiger partial charge is 0.418 e. The maximum Gasteiger partial charge on any atom is 0.418 e. The van der Waals surface area contributed by atoms with E-state index in [1.54, 1.807) is 4.68 Å². The monoisotopic (exact) mass is 441 g/mol. The molecule has 0 aliphatic rings. The molecule has 0 saturated carbocycles. The van der Waals surface area contributed by atoms with Crippen LogP contribution in [0.2, 0.25) is 0 Å². The molecule has 0 atom stereocenters. The highest BCUT2D eigenvalue weighted by Crippen LogP contribution is 2.34. The Labute approximate surface area is 180 Å². The molecule has 10 heteroatoms. The Kier molecular flexibility index (Phi) is 5.52. The first kappa shape index (κ1) is 21.3. The molecule has 4 rings (SSSR count). The van der Waals surface area contributed by atoms with Gasteiger partial charge in [-0.2, -0.15) is 18.3 Å². The van der Waals surface area contributed by atoms with Crippen molar-refractivity contribution in [2.24, 2.45) is 0 Å². The number of fused-ring (bicyclic) bond motifs is 1. The van der Waals surface area contributed by atoms with E-state index in [9.17, 15) is 22.8 Å². The van der Waals surface area contributed by atoms with E-state index in [4.69, 9.17) is 0 Å². The van der Waals surface area contributed by atoms with Crippen LogP contribution in [0, 0.1) is 6.92 Å². The molecule has 4 aromatic rings. The maximum absolute atomic E-state index is 13.1. The van der Waals surface area contributed by atoms with Crippen LogP contribution < -0.4 is 10.9 Å². The van der Waals surface area contributed by atoms with Crippen molar-refractivity contribution >= 4 is 22.6 Å². The Morgan fingerprint density at radius 3 is 2.53 bits per heavy atom. The zero-order chi connectivity index (χ0) is 22.9. The third kappa shape index (κ3) is 4.25. The van der Waals surface area contributed by atoms with Crippen molar-refractivity contribution in [2.75, 3.05) is 5.32 Å². The van der Waals surface area contributed by atoms with Crippen molar-refractivity contribution in [3.8, 4) is 5.69 Å². The van der Waals surface area contributed by atoms with Crippen molar-refractivity contribution in [1.29, 1.82) is 0 Å². The van der Waals surface area contributed by atoms with E-state index in [1.165, 1.54) is 35.3 Å². The molecule has 0 unspecified atom stereocenters. The lowest BCUT2D eigenvalue weighted by atomic mass is 10.1. The molecule has 0 aliphatic carbocycles. The summed E-state index contributed by atoms with van der Waals surface area (Å²) in [5.74, 6) is -0.649. The number of anilines is 1. The molecule has 1 amide bonds.